The van der Waals surface area contributed by atoms with Gasteiger partial charge in [-0.1, -0.05) is 11.6 Å². The molecule has 1 N–H and O–H groups in total. The third kappa shape index (κ3) is 3.35. The predicted octanol–water partition coefficient (Wildman–Crippen LogP) is 2.49. The Morgan fingerprint density at radius 2 is 2.44 bits per heavy atom. The van der Waals surface area contributed by atoms with Gasteiger partial charge in [-0.25, -0.2) is 4.98 Å². The van der Waals surface area contributed by atoms with Gasteiger partial charge in [-0.2, -0.15) is 0 Å². The van der Waals surface area contributed by atoms with Crippen LogP contribution in [0.3, 0.4) is 0 Å². The highest BCUT2D eigenvalue weighted by Gasteiger charge is 2.16. The molecule has 1 aromatic rings. The van der Waals surface area contributed by atoms with Crippen LogP contribution in [0.1, 0.15) is 12.8 Å². The largest absolute Gasteiger partial charge is 0.370 e. The molecule has 1 saturated heterocycles. The van der Waals surface area contributed by atoms with Crippen molar-refractivity contribution in [1.29, 1.82) is 0 Å². The monoisotopic (exact) mass is 239 g/mol. The lowest BCUT2D eigenvalue weighted by Gasteiger charge is -2.29. The van der Waals surface area contributed by atoms with E-state index in [0.717, 1.165) is 18.3 Å². The first-order valence-electron chi connectivity index (χ1n) is 5.78. The number of nitrogens with zero attached hydrogens (tertiary/aromatic N) is 2. The van der Waals surface area contributed by atoms with Crippen LogP contribution in [0.5, 0.6) is 0 Å². The van der Waals surface area contributed by atoms with Crippen molar-refractivity contribution >= 4 is 17.4 Å². The number of aromatic nitrogens is 1. The number of anilines is 1. The van der Waals surface area contributed by atoms with E-state index in [0.29, 0.717) is 5.02 Å². The average molecular weight is 240 g/mol. The highest BCUT2D eigenvalue weighted by atomic mass is 35.5. The molecule has 2 rings (SSSR count). The molecular formula is C12H18ClN3. The fraction of sp³-hybridized carbons (Fsp3) is 0.583. The minimum Gasteiger partial charge on any atom is -0.370 e. The summed E-state index contributed by atoms with van der Waals surface area (Å²) in [7, 11) is 2.19. The first-order valence-corrected chi connectivity index (χ1v) is 6.16. The number of halogens is 1. The third-order valence-electron chi connectivity index (χ3n) is 3.02. The maximum atomic E-state index is 5.78. The Labute approximate surface area is 102 Å². The molecule has 0 aromatic carbocycles. The average Bonchev–Trinajstić information content (AvgIpc) is 2.28. The summed E-state index contributed by atoms with van der Waals surface area (Å²) in [5.74, 6) is 1.65. The lowest BCUT2D eigenvalue weighted by atomic mass is 9.98. The Morgan fingerprint density at radius 3 is 3.12 bits per heavy atom. The maximum absolute atomic E-state index is 5.78. The summed E-state index contributed by atoms with van der Waals surface area (Å²) in [6.07, 6.45) is 4.29. The van der Waals surface area contributed by atoms with E-state index in [-0.39, 0.29) is 0 Å². The van der Waals surface area contributed by atoms with Crippen LogP contribution < -0.4 is 5.32 Å². The van der Waals surface area contributed by atoms with Gasteiger partial charge in [-0.05, 0) is 44.5 Å². The number of hydrogen-bond donors (Lipinski definition) is 1. The van der Waals surface area contributed by atoms with Crippen molar-refractivity contribution in [1.82, 2.24) is 9.88 Å². The standard InChI is InChI=1S/C12H18ClN3/c1-16-6-2-3-10(9-16)7-14-12-5-4-11(13)8-15-12/h4-5,8,10H,2-3,6-7,9H2,1H3,(H,14,15). The van der Waals surface area contributed by atoms with Crippen LogP contribution in [0, 0.1) is 5.92 Å². The second-order valence-corrected chi connectivity index (χ2v) is 4.95. The molecule has 1 aromatic heterocycles. The molecule has 0 aliphatic carbocycles. The molecule has 0 amide bonds. The van der Waals surface area contributed by atoms with Crippen LogP contribution in [0.15, 0.2) is 18.3 Å². The Kier molecular flexibility index (Phi) is 4.02. The van der Waals surface area contributed by atoms with Crippen LogP contribution in [-0.2, 0) is 0 Å². The van der Waals surface area contributed by atoms with Gasteiger partial charge in [-0.15, -0.1) is 0 Å². The summed E-state index contributed by atoms with van der Waals surface area (Å²) in [6.45, 7) is 3.41. The van der Waals surface area contributed by atoms with Crippen molar-refractivity contribution in [2.75, 3.05) is 32.0 Å². The number of pyridine rings is 1. The quantitative estimate of drug-likeness (QED) is 0.879. The van der Waals surface area contributed by atoms with E-state index in [1.165, 1.54) is 25.9 Å². The molecule has 2 heterocycles. The Hall–Kier alpha value is -0.800. The van der Waals surface area contributed by atoms with Crippen molar-refractivity contribution in [2.24, 2.45) is 5.92 Å². The summed E-state index contributed by atoms with van der Waals surface area (Å²) in [4.78, 5) is 6.62. The maximum Gasteiger partial charge on any atom is 0.125 e. The Morgan fingerprint density at radius 1 is 1.56 bits per heavy atom. The zero-order valence-corrected chi connectivity index (χ0v) is 10.4. The molecule has 0 spiro atoms. The summed E-state index contributed by atoms with van der Waals surface area (Å²) >= 11 is 5.78. The highest BCUT2D eigenvalue weighted by molar-refractivity contribution is 6.30. The SMILES string of the molecule is CN1CCCC(CNc2ccc(Cl)cn2)C1. The van der Waals surface area contributed by atoms with E-state index >= 15 is 0 Å². The van der Waals surface area contributed by atoms with Gasteiger partial charge in [0.1, 0.15) is 5.82 Å². The molecule has 4 heteroatoms. The zero-order chi connectivity index (χ0) is 11.4. The molecule has 0 radical (unpaired) electrons. The van der Waals surface area contributed by atoms with Crippen LogP contribution in [0.2, 0.25) is 5.02 Å². The molecule has 1 unspecified atom stereocenters. The second kappa shape index (κ2) is 5.51. The van der Waals surface area contributed by atoms with Crippen molar-refractivity contribution < 1.29 is 0 Å². The van der Waals surface area contributed by atoms with Gasteiger partial charge in [0.2, 0.25) is 0 Å². The van der Waals surface area contributed by atoms with Crippen molar-refractivity contribution in [3.63, 3.8) is 0 Å². The van der Waals surface area contributed by atoms with Crippen LogP contribution in [-0.4, -0.2) is 36.6 Å². The fourth-order valence-corrected chi connectivity index (χ4v) is 2.28. The van der Waals surface area contributed by atoms with Gasteiger partial charge in [0.25, 0.3) is 0 Å². The highest BCUT2D eigenvalue weighted by Crippen LogP contribution is 2.16. The smallest absolute Gasteiger partial charge is 0.125 e. The van der Waals surface area contributed by atoms with Gasteiger partial charge in [0.05, 0.1) is 5.02 Å². The van der Waals surface area contributed by atoms with Gasteiger partial charge < -0.3 is 10.2 Å². The normalized spacial score (nSPS) is 22.0. The predicted molar refractivity (Wildman–Crippen MR) is 68.0 cm³/mol. The minimum absolute atomic E-state index is 0.683. The lowest BCUT2D eigenvalue weighted by Crippen LogP contribution is -2.35. The number of piperidine rings is 1. The van der Waals surface area contributed by atoms with E-state index in [4.69, 9.17) is 11.6 Å². The third-order valence-corrected chi connectivity index (χ3v) is 3.24. The molecular weight excluding hydrogens is 222 g/mol. The van der Waals surface area contributed by atoms with Crippen LogP contribution >= 0.6 is 11.6 Å². The molecule has 0 bridgehead atoms. The van der Waals surface area contributed by atoms with Crippen molar-refractivity contribution in [3.8, 4) is 0 Å². The summed E-state index contributed by atoms with van der Waals surface area (Å²) in [6, 6.07) is 3.79. The lowest BCUT2D eigenvalue weighted by molar-refractivity contribution is 0.217. The van der Waals surface area contributed by atoms with Gasteiger partial charge in [0, 0.05) is 19.3 Å². The Balaban J connectivity index is 1.80. The van der Waals surface area contributed by atoms with Gasteiger partial charge in [0.15, 0.2) is 0 Å². The molecule has 3 nitrogen and oxygen atoms in total. The topological polar surface area (TPSA) is 28.2 Å². The Bertz CT molecular complexity index is 326. The molecule has 1 aliphatic rings. The molecule has 1 atom stereocenters. The van der Waals surface area contributed by atoms with Crippen molar-refractivity contribution in [3.05, 3.63) is 23.4 Å². The van der Waals surface area contributed by atoms with E-state index in [1.807, 2.05) is 12.1 Å². The van der Waals surface area contributed by atoms with Gasteiger partial charge in [-0.3, -0.25) is 0 Å². The van der Waals surface area contributed by atoms with E-state index in [1.54, 1.807) is 6.20 Å². The summed E-state index contributed by atoms with van der Waals surface area (Å²) in [5.41, 5.74) is 0. The van der Waals surface area contributed by atoms with Gasteiger partial charge >= 0.3 is 0 Å². The molecule has 1 fully saturated rings. The number of hydrogen-bond acceptors (Lipinski definition) is 3. The number of nitrogens with one attached hydrogen (secondary N) is 1. The van der Waals surface area contributed by atoms with E-state index in [2.05, 4.69) is 22.2 Å². The molecule has 0 saturated carbocycles. The van der Waals surface area contributed by atoms with Crippen LogP contribution in [0.4, 0.5) is 5.82 Å². The zero-order valence-electron chi connectivity index (χ0n) is 9.62. The number of rotatable bonds is 3. The van der Waals surface area contributed by atoms with Crippen LogP contribution in [0.25, 0.3) is 0 Å². The van der Waals surface area contributed by atoms with E-state index in [9.17, 15) is 0 Å². The fourth-order valence-electron chi connectivity index (χ4n) is 2.17. The first-order chi connectivity index (χ1) is 7.74. The van der Waals surface area contributed by atoms with E-state index < -0.39 is 0 Å². The number of likely N-dealkylation sites (tertiary alicyclic amines) is 1. The first kappa shape index (κ1) is 11.7. The molecule has 88 valence electrons. The minimum atomic E-state index is 0.683. The molecule has 1 aliphatic heterocycles. The summed E-state index contributed by atoms with van der Waals surface area (Å²) in [5, 5.41) is 4.05. The second-order valence-electron chi connectivity index (χ2n) is 4.51. The summed E-state index contributed by atoms with van der Waals surface area (Å²) < 4.78 is 0. The van der Waals surface area contributed by atoms with Crippen molar-refractivity contribution in [2.45, 2.75) is 12.8 Å². The molecule has 16 heavy (non-hydrogen) atoms.